The minimum absolute atomic E-state index is 0.735. The topological polar surface area (TPSA) is 37.2 Å². The Kier molecular flexibility index (Phi) is 4.92. The van der Waals surface area contributed by atoms with Crippen molar-refractivity contribution in [1.82, 2.24) is 14.5 Å². The summed E-state index contributed by atoms with van der Waals surface area (Å²) in [5.41, 5.74) is 4.74. The van der Waals surface area contributed by atoms with E-state index >= 15 is 0 Å². The molecule has 0 aliphatic carbocycles. The van der Waals surface area contributed by atoms with E-state index in [1.807, 2.05) is 7.05 Å². The van der Waals surface area contributed by atoms with Crippen molar-refractivity contribution in [3.8, 4) is 5.69 Å². The van der Waals surface area contributed by atoms with Crippen LogP contribution in [0.25, 0.3) is 27.5 Å². The summed E-state index contributed by atoms with van der Waals surface area (Å²) in [5.74, 6) is 1.81. The van der Waals surface area contributed by atoms with Crippen molar-refractivity contribution in [2.24, 2.45) is 0 Å². The minimum Gasteiger partial charge on any atom is -0.338 e. The smallest absolute Gasteiger partial charge is 0.178 e. The van der Waals surface area contributed by atoms with Gasteiger partial charge in [-0.15, -0.1) is 0 Å². The highest BCUT2D eigenvalue weighted by Gasteiger charge is 2.27. The van der Waals surface area contributed by atoms with Crippen molar-refractivity contribution in [1.29, 1.82) is 0 Å². The molecule has 6 aromatic rings. The molecule has 0 bridgehead atoms. The third-order valence-corrected chi connectivity index (χ3v) is 7.63. The average Bonchev–Trinajstić information content (AvgIpc) is 3.44. The number of fused-ring (bicyclic) bond motifs is 4. The van der Waals surface area contributed by atoms with Gasteiger partial charge in [0, 0.05) is 51.4 Å². The predicted molar refractivity (Wildman–Crippen MR) is 149 cm³/mol. The Hall–Kier alpha value is -4.29. The molecule has 0 spiro atoms. The van der Waals surface area contributed by atoms with E-state index in [9.17, 15) is 0 Å². The molecule has 2 aromatic heterocycles. The van der Waals surface area contributed by atoms with Crippen molar-refractivity contribution < 1.29 is 0 Å². The fraction of sp³-hybridized carbons (Fsp3) is 0.0667. The molecule has 6 heteroatoms. The lowest BCUT2D eigenvalue weighted by molar-refractivity contribution is 0.934. The standard InChI is InChI=1S/C30H23N5S/c1-33-20-34(30-29(33)31-16-17-32-30)22-10-7-11-23(18-22)36-24-14-15-28-26(19-24)25-12-5-6-13-27(25)35(28)21-8-3-2-4-9-21/h2-19H,20H2,1H3. The van der Waals surface area contributed by atoms with E-state index in [0.717, 1.165) is 24.0 Å². The Bertz CT molecular complexity index is 1730. The number of anilines is 3. The van der Waals surface area contributed by atoms with Crippen LogP contribution in [0.15, 0.2) is 119 Å². The third-order valence-electron chi connectivity index (χ3n) is 6.65. The van der Waals surface area contributed by atoms with Gasteiger partial charge < -0.3 is 14.4 Å². The van der Waals surface area contributed by atoms with E-state index in [2.05, 4.69) is 121 Å². The number of benzene rings is 4. The molecule has 0 saturated heterocycles. The van der Waals surface area contributed by atoms with E-state index in [-0.39, 0.29) is 0 Å². The van der Waals surface area contributed by atoms with Gasteiger partial charge in [0.1, 0.15) is 0 Å². The van der Waals surface area contributed by atoms with Crippen LogP contribution in [-0.4, -0.2) is 28.3 Å². The number of aromatic nitrogens is 3. The molecule has 0 fully saturated rings. The number of nitrogens with zero attached hydrogens (tertiary/aromatic N) is 5. The molecular formula is C30H23N5S. The molecule has 0 N–H and O–H groups in total. The summed E-state index contributed by atoms with van der Waals surface area (Å²) in [6.07, 6.45) is 3.50. The van der Waals surface area contributed by atoms with Crippen LogP contribution in [-0.2, 0) is 0 Å². The first-order valence-electron chi connectivity index (χ1n) is 11.9. The predicted octanol–water partition coefficient (Wildman–Crippen LogP) is 7.27. The molecule has 174 valence electrons. The van der Waals surface area contributed by atoms with Gasteiger partial charge in [-0.25, -0.2) is 9.97 Å². The van der Waals surface area contributed by atoms with Crippen molar-refractivity contribution in [2.45, 2.75) is 9.79 Å². The van der Waals surface area contributed by atoms with E-state index in [1.165, 1.54) is 37.3 Å². The maximum absolute atomic E-state index is 4.58. The zero-order chi connectivity index (χ0) is 24.1. The molecule has 3 heterocycles. The molecule has 0 saturated carbocycles. The molecule has 0 unspecified atom stereocenters. The van der Waals surface area contributed by atoms with Gasteiger partial charge in [0.2, 0.25) is 0 Å². The summed E-state index contributed by atoms with van der Waals surface area (Å²) in [7, 11) is 2.05. The van der Waals surface area contributed by atoms with Gasteiger partial charge in [0.05, 0.1) is 17.7 Å². The normalized spacial score (nSPS) is 13.0. The highest BCUT2D eigenvalue weighted by Crippen LogP contribution is 2.40. The van der Waals surface area contributed by atoms with Crippen molar-refractivity contribution in [2.75, 3.05) is 23.5 Å². The van der Waals surface area contributed by atoms with Gasteiger partial charge in [-0.3, -0.25) is 0 Å². The number of hydrogen-bond acceptors (Lipinski definition) is 5. The Balaban J connectivity index is 1.27. The lowest BCUT2D eigenvalue weighted by Gasteiger charge is -2.19. The fourth-order valence-electron chi connectivity index (χ4n) is 5.05. The van der Waals surface area contributed by atoms with Crippen LogP contribution in [0.2, 0.25) is 0 Å². The Morgan fingerprint density at radius 1 is 0.639 bits per heavy atom. The van der Waals surface area contributed by atoms with Crippen LogP contribution in [0, 0.1) is 0 Å². The average molecular weight is 486 g/mol. The molecular weight excluding hydrogens is 462 g/mol. The summed E-state index contributed by atoms with van der Waals surface area (Å²) in [6, 6.07) is 34.7. The Labute approximate surface area is 213 Å². The molecule has 0 atom stereocenters. The van der Waals surface area contributed by atoms with Gasteiger partial charge in [0.25, 0.3) is 0 Å². The van der Waals surface area contributed by atoms with E-state index < -0.39 is 0 Å². The minimum atomic E-state index is 0.735. The van der Waals surface area contributed by atoms with Gasteiger partial charge in [0.15, 0.2) is 11.6 Å². The second kappa shape index (κ2) is 8.43. The SMILES string of the molecule is CN1CN(c2cccc(Sc3ccc4c(c3)c3ccccc3n4-c3ccccc3)c2)c2nccnc21. The number of para-hydroxylation sites is 2. The highest BCUT2D eigenvalue weighted by molar-refractivity contribution is 7.99. The molecule has 1 aliphatic heterocycles. The molecule has 0 radical (unpaired) electrons. The van der Waals surface area contributed by atoms with Crippen LogP contribution in [0.4, 0.5) is 17.3 Å². The molecule has 7 rings (SSSR count). The van der Waals surface area contributed by atoms with Gasteiger partial charge in [-0.05, 0) is 54.6 Å². The second-order valence-corrected chi connectivity index (χ2v) is 10.1. The first-order chi connectivity index (χ1) is 17.8. The second-order valence-electron chi connectivity index (χ2n) is 8.94. The summed E-state index contributed by atoms with van der Waals surface area (Å²) < 4.78 is 2.35. The monoisotopic (exact) mass is 485 g/mol. The lowest BCUT2D eigenvalue weighted by atomic mass is 10.1. The van der Waals surface area contributed by atoms with Crippen LogP contribution in [0.5, 0.6) is 0 Å². The number of hydrogen-bond donors (Lipinski definition) is 0. The largest absolute Gasteiger partial charge is 0.338 e. The van der Waals surface area contributed by atoms with Crippen molar-refractivity contribution in [3.63, 3.8) is 0 Å². The van der Waals surface area contributed by atoms with Gasteiger partial charge >= 0.3 is 0 Å². The van der Waals surface area contributed by atoms with Crippen LogP contribution in [0.3, 0.4) is 0 Å². The highest BCUT2D eigenvalue weighted by atomic mass is 32.2. The lowest BCUT2D eigenvalue weighted by Crippen LogP contribution is -2.24. The van der Waals surface area contributed by atoms with Crippen molar-refractivity contribution >= 4 is 50.9 Å². The van der Waals surface area contributed by atoms with E-state index in [4.69, 9.17) is 0 Å². The summed E-state index contributed by atoms with van der Waals surface area (Å²) in [6.45, 7) is 0.735. The quantitative estimate of drug-likeness (QED) is 0.262. The fourth-order valence-corrected chi connectivity index (χ4v) is 5.97. The maximum Gasteiger partial charge on any atom is 0.178 e. The molecule has 5 nitrogen and oxygen atoms in total. The third kappa shape index (κ3) is 3.41. The molecule has 0 amide bonds. The molecule has 1 aliphatic rings. The first kappa shape index (κ1) is 21.0. The zero-order valence-corrected chi connectivity index (χ0v) is 20.6. The summed E-state index contributed by atoms with van der Waals surface area (Å²) >= 11 is 1.79. The van der Waals surface area contributed by atoms with E-state index in [0.29, 0.717) is 0 Å². The Morgan fingerprint density at radius 3 is 2.25 bits per heavy atom. The Morgan fingerprint density at radius 2 is 1.36 bits per heavy atom. The van der Waals surface area contributed by atoms with Gasteiger partial charge in [-0.2, -0.15) is 0 Å². The zero-order valence-electron chi connectivity index (χ0n) is 19.7. The summed E-state index contributed by atoms with van der Waals surface area (Å²) in [4.78, 5) is 15.8. The first-order valence-corrected chi connectivity index (χ1v) is 12.7. The van der Waals surface area contributed by atoms with E-state index in [1.54, 1.807) is 24.2 Å². The summed E-state index contributed by atoms with van der Waals surface area (Å²) in [5, 5.41) is 2.53. The van der Waals surface area contributed by atoms with Crippen LogP contribution in [0.1, 0.15) is 0 Å². The van der Waals surface area contributed by atoms with Crippen LogP contribution < -0.4 is 9.80 Å². The molecule has 4 aromatic carbocycles. The molecule has 36 heavy (non-hydrogen) atoms. The maximum atomic E-state index is 4.58. The number of rotatable bonds is 4. The van der Waals surface area contributed by atoms with Crippen LogP contribution >= 0.6 is 11.8 Å². The van der Waals surface area contributed by atoms with Gasteiger partial charge in [-0.1, -0.05) is 54.2 Å². The van der Waals surface area contributed by atoms with Crippen molar-refractivity contribution in [3.05, 3.63) is 109 Å².